The molecule has 0 spiro atoms. The van der Waals surface area contributed by atoms with E-state index in [4.69, 9.17) is 0 Å². The summed E-state index contributed by atoms with van der Waals surface area (Å²) >= 11 is 1.65. The molecule has 118 valence electrons. The fourth-order valence-corrected chi connectivity index (χ4v) is 3.48. The highest BCUT2D eigenvalue weighted by Crippen LogP contribution is 2.19. The summed E-state index contributed by atoms with van der Waals surface area (Å²) in [6.45, 7) is 7.93. The van der Waals surface area contributed by atoms with E-state index in [0.717, 1.165) is 42.7 Å². The number of nitrogens with zero attached hydrogens (tertiary/aromatic N) is 5. The Morgan fingerprint density at radius 1 is 1.27 bits per heavy atom. The highest BCUT2D eigenvalue weighted by molar-refractivity contribution is 7.13. The number of amides is 1. The molecule has 22 heavy (non-hydrogen) atoms. The maximum absolute atomic E-state index is 12.3. The number of aryl methyl sites for hydroxylation is 3. The van der Waals surface area contributed by atoms with Gasteiger partial charge in [0.25, 0.3) is 0 Å². The highest BCUT2D eigenvalue weighted by atomic mass is 32.1. The Morgan fingerprint density at radius 2 is 2.05 bits per heavy atom. The van der Waals surface area contributed by atoms with Crippen LogP contribution < -0.4 is 4.90 Å². The lowest BCUT2D eigenvalue weighted by Crippen LogP contribution is -2.49. The monoisotopic (exact) mass is 319 g/mol. The summed E-state index contributed by atoms with van der Waals surface area (Å²) in [5.74, 6) is 0.214. The summed E-state index contributed by atoms with van der Waals surface area (Å²) in [6, 6.07) is 2.04. The third kappa shape index (κ3) is 3.30. The van der Waals surface area contributed by atoms with Crippen molar-refractivity contribution < 1.29 is 4.79 Å². The fourth-order valence-electron chi connectivity index (χ4n) is 2.78. The van der Waals surface area contributed by atoms with Gasteiger partial charge in [-0.2, -0.15) is 5.10 Å². The fraction of sp³-hybridized carbons (Fsp3) is 0.533. The second kappa shape index (κ2) is 6.48. The number of piperazine rings is 1. The van der Waals surface area contributed by atoms with Crippen molar-refractivity contribution >= 4 is 22.4 Å². The number of hydrogen-bond acceptors (Lipinski definition) is 5. The van der Waals surface area contributed by atoms with E-state index in [1.54, 1.807) is 11.3 Å². The Labute approximate surface area is 134 Å². The molecule has 0 aromatic carbocycles. The Hall–Kier alpha value is -1.89. The van der Waals surface area contributed by atoms with Gasteiger partial charge in [-0.15, -0.1) is 11.3 Å². The Morgan fingerprint density at radius 3 is 2.64 bits per heavy atom. The average Bonchev–Trinajstić information content (AvgIpc) is 3.15. The molecule has 1 amide bonds. The number of thiazole rings is 1. The van der Waals surface area contributed by atoms with Crippen LogP contribution in [0.25, 0.3) is 0 Å². The summed E-state index contributed by atoms with van der Waals surface area (Å²) in [6.07, 6.45) is 2.34. The van der Waals surface area contributed by atoms with Crippen LogP contribution in [0.1, 0.15) is 17.8 Å². The standard InChI is InChI=1S/C15H21N5OS/c1-12-11-13(2)20(17-12)5-3-14(21)18-6-8-19(9-7-18)15-16-4-10-22-15/h4,10-11H,3,5-9H2,1-2H3. The van der Waals surface area contributed by atoms with Gasteiger partial charge in [-0.25, -0.2) is 4.98 Å². The molecule has 0 N–H and O–H groups in total. The Kier molecular flexibility index (Phi) is 4.42. The van der Waals surface area contributed by atoms with Crippen molar-refractivity contribution in [1.29, 1.82) is 0 Å². The van der Waals surface area contributed by atoms with Crippen LogP contribution in [-0.2, 0) is 11.3 Å². The van der Waals surface area contributed by atoms with Gasteiger partial charge in [0.15, 0.2) is 5.13 Å². The summed E-state index contributed by atoms with van der Waals surface area (Å²) in [5.41, 5.74) is 2.11. The molecular formula is C15H21N5OS. The molecule has 2 aromatic heterocycles. The van der Waals surface area contributed by atoms with Crippen LogP contribution in [0.4, 0.5) is 5.13 Å². The zero-order valence-electron chi connectivity index (χ0n) is 13.0. The molecular weight excluding hydrogens is 298 g/mol. The average molecular weight is 319 g/mol. The molecule has 2 aromatic rings. The van der Waals surface area contributed by atoms with E-state index in [9.17, 15) is 4.79 Å². The molecule has 1 fully saturated rings. The van der Waals surface area contributed by atoms with E-state index in [-0.39, 0.29) is 5.91 Å². The van der Waals surface area contributed by atoms with E-state index in [1.165, 1.54) is 0 Å². The molecule has 3 rings (SSSR count). The minimum Gasteiger partial charge on any atom is -0.345 e. The van der Waals surface area contributed by atoms with Crippen molar-refractivity contribution in [2.24, 2.45) is 0 Å². The van der Waals surface area contributed by atoms with Crippen molar-refractivity contribution in [2.75, 3.05) is 31.1 Å². The van der Waals surface area contributed by atoms with Gasteiger partial charge in [0.2, 0.25) is 5.91 Å². The van der Waals surface area contributed by atoms with Crippen LogP contribution in [-0.4, -0.2) is 51.8 Å². The first kappa shape index (κ1) is 15.0. The lowest BCUT2D eigenvalue weighted by molar-refractivity contribution is -0.131. The predicted molar refractivity (Wildman–Crippen MR) is 87.2 cm³/mol. The molecule has 1 aliphatic heterocycles. The Bertz CT molecular complexity index is 628. The number of hydrogen-bond donors (Lipinski definition) is 0. The van der Waals surface area contributed by atoms with E-state index in [1.807, 2.05) is 41.1 Å². The molecule has 0 bridgehead atoms. The van der Waals surface area contributed by atoms with Crippen molar-refractivity contribution in [3.05, 3.63) is 29.0 Å². The van der Waals surface area contributed by atoms with Crippen molar-refractivity contribution in [2.45, 2.75) is 26.8 Å². The van der Waals surface area contributed by atoms with Crippen LogP contribution in [0.3, 0.4) is 0 Å². The SMILES string of the molecule is Cc1cc(C)n(CCC(=O)N2CCN(c3nccs3)CC2)n1. The number of carbonyl (C=O) groups excluding carboxylic acids is 1. The van der Waals surface area contributed by atoms with E-state index < -0.39 is 0 Å². The van der Waals surface area contributed by atoms with Gasteiger partial charge in [-0.05, 0) is 19.9 Å². The highest BCUT2D eigenvalue weighted by Gasteiger charge is 2.22. The summed E-state index contributed by atoms with van der Waals surface area (Å²) < 4.78 is 1.92. The van der Waals surface area contributed by atoms with Gasteiger partial charge in [0.05, 0.1) is 5.69 Å². The lowest BCUT2D eigenvalue weighted by Gasteiger charge is -2.34. The maximum Gasteiger partial charge on any atom is 0.224 e. The third-order valence-electron chi connectivity index (χ3n) is 3.96. The van der Waals surface area contributed by atoms with Gasteiger partial charge in [0, 0.05) is 56.4 Å². The number of aromatic nitrogens is 3. The number of carbonyl (C=O) groups is 1. The zero-order valence-corrected chi connectivity index (χ0v) is 13.8. The first-order valence-corrected chi connectivity index (χ1v) is 8.45. The minimum absolute atomic E-state index is 0.214. The van der Waals surface area contributed by atoms with Gasteiger partial charge in [-0.3, -0.25) is 9.48 Å². The topological polar surface area (TPSA) is 54.3 Å². The van der Waals surface area contributed by atoms with Crippen molar-refractivity contribution in [3.63, 3.8) is 0 Å². The molecule has 0 radical (unpaired) electrons. The van der Waals surface area contributed by atoms with Crippen LogP contribution >= 0.6 is 11.3 Å². The van der Waals surface area contributed by atoms with Crippen LogP contribution in [0, 0.1) is 13.8 Å². The maximum atomic E-state index is 12.3. The van der Waals surface area contributed by atoms with Crippen molar-refractivity contribution in [1.82, 2.24) is 19.7 Å². The van der Waals surface area contributed by atoms with Gasteiger partial charge in [0.1, 0.15) is 0 Å². The second-order valence-corrected chi connectivity index (χ2v) is 6.46. The van der Waals surface area contributed by atoms with Crippen LogP contribution in [0.2, 0.25) is 0 Å². The van der Waals surface area contributed by atoms with E-state index in [0.29, 0.717) is 13.0 Å². The zero-order chi connectivity index (χ0) is 15.5. The molecule has 0 atom stereocenters. The lowest BCUT2D eigenvalue weighted by atomic mass is 10.3. The van der Waals surface area contributed by atoms with Gasteiger partial charge in [-0.1, -0.05) is 0 Å². The van der Waals surface area contributed by atoms with Gasteiger partial charge >= 0.3 is 0 Å². The second-order valence-electron chi connectivity index (χ2n) is 5.58. The molecule has 1 aliphatic rings. The third-order valence-corrected chi connectivity index (χ3v) is 4.80. The molecule has 0 saturated carbocycles. The molecule has 3 heterocycles. The molecule has 7 heteroatoms. The number of anilines is 1. The normalized spacial score (nSPS) is 15.4. The quantitative estimate of drug-likeness (QED) is 0.861. The molecule has 6 nitrogen and oxygen atoms in total. The number of rotatable bonds is 4. The first-order valence-electron chi connectivity index (χ1n) is 7.57. The van der Waals surface area contributed by atoms with Gasteiger partial charge < -0.3 is 9.80 Å². The molecule has 0 aliphatic carbocycles. The smallest absolute Gasteiger partial charge is 0.224 e. The van der Waals surface area contributed by atoms with E-state index in [2.05, 4.69) is 15.0 Å². The van der Waals surface area contributed by atoms with Crippen LogP contribution in [0.5, 0.6) is 0 Å². The summed E-state index contributed by atoms with van der Waals surface area (Å²) in [4.78, 5) is 20.9. The van der Waals surface area contributed by atoms with E-state index >= 15 is 0 Å². The Balaban J connectivity index is 1.49. The van der Waals surface area contributed by atoms with Crippen molar-refractivity contribution in [3.8, 4) is 0 Å². The largest absolute Gasteiger partial charge is 0.345 e. The minimum atomic E-state index is 0.214. The van der Waals surface area contributed by atoms with Crippen LogP contribution in [0.15, 0.2) is 17.6 Å². The molecule has 1 saturated heterocycles. The summed E-state index contributed by atoms with van der Waals surface area (Å²) in [7, 11) is 0. The summed E-state index contributed by atoms with van der Waals surface area (Å²) in [5, 5.41) is 7.44. The first-order chi connectivity index (χ1) is 10.6. The molecule has 0 unspecified atom stereocenters. The predicted octanol–water partition coefficient (Wildman–Crippen LogP) is 1.70.